The van der Waals surface area contributed by atoms with Crippen molar-refractivity contribution in [1.29, 1.82) is 0 Å². The first-order chi connectivity index (χ1) is 26.8. The molecule has 11 rings (SSSR count). The number of aromatic nitrogens is 2. The highest BCUT2D eigenvalue weighted by atomic mass is 15.0. The first-order valence-electron chi connectivity index (χ1n) is 18.6. The molecule has 0 saturated carbocycles. The summed E-state index contributed by atoms with van der Waals surface area (Å²) >= 11 is 0. The predicted molar refractivity (Wildman–Crippen MR) is 229 cm³/mol. The molecule has 11 aromatic rings. The zero-order valence-corrected chi connectivity index (χ0v) is 29.5. The SMILES string of the molecule is c1ccc(-c2cccc(-n3c4ccc(-c5ccc6ccccc6c5)cc4c4cc(-c5ccc6c(c5)c5ccccc5n6-c5ccccc5)ccc43)c2)cc1. The Kier molecular flexibility index (Phi) is 6.90. The lowest BCUT2D eigenvalue weighted by Crippen LogP contribution is -1.94. The largest absolute Gasteiger partial charge is 0.309 e. The maximum Gasteiger partial charge on any atom is 0.0541 e. The summed E-state index contributed by atoms with van der Waals surface area (Å²) in [6.45, 7) is 0. The highest BCUT2D eigenvalue weighted by Gasteiger charge is 2.17. The third-order valence-electron chi connectivity index (χ3n) is 11.1. The van der Waals surface area contributed by atoms with Crippen molar-refractivity contribution < 1.29 is 0 Å². The van der Waals surface area contributed by atoms with Crippen LogP contribution in [0.5, 0.6) is 0 Å². The monoisotopic (exact) mass is 686 g/mol. The molecule has 0 N–H and O–H groups in total. The lowest BCUT2D eigenvalue weighted by atomic mass is 9.98. The van der Waals surface area contributed by atoms with Crippen molar-refractivity contribution in [2.24, 2.45) is 0 Å². The van der Waals surface area contributed by atoms with Crippen LogP contribution in [0.15, 0.2) is 206 Å². The molecule has 0 aliphatic rings. The summed E-state index contributed by atoms with van der Waals surface area (Å²) in [5.41, 5.74) is 14.4. The van der Waals surface area contributed by atoms with Crippen molar-refractivity contribution in [3.05, 3.63) is 206 Å². The van der Waals surface area contributed by atoms with E-state index < -0.39 is 0 Å². The van der Waals surface area contributed by atoms with E-state index in [1.54, 1.807) is 0 Å². The van der Waals surface area contributed by atoms with E-state index in [-0.39, 0.29) is 0 Å². The van der Waals surface area contributed by atoms with Crippen LogP contribution in [0.2, 0.25) is 0 Å². The number of para-hydroxylation sites is 2. The van der Waals surface area contributed by atoms with E-state index in [0.29, 0.717) is 0 Å². The smallest absolute Gasteiger partial charge is 0.0541 e. The van der Waals surface area contributed by atoms with Crippen LogP contribution in [0.3, 0.4) is 0 Å². The van der Waals surface area contributed by atoms with Crippen molar-refractivity contribution in [3.8, 4) is 44.8 Å². The topological polar surface area (TPSA) is 9.86 Å². The summed E-state index contributed by atoms with van der Waals surface area (Å²) in [4.78, 5) is 0. The fraction of sp³-hybridized carbons (Fsp3) is 0. The number of hydrogen-bond donors (Lipinski definition) is 0. The molecule has 0 unspecified atom stereocenters. The highest BCUT2D eigenvalue weighted by Crippen LogP contribution is 2.40. The summed E-state index contributed by atoms with van der Waals surface area (Å²) < 4.78 is 4.81. The molecule has 2 heterocycles. The standard InChI is InChI=1S/C52H34N2/c1-3-12-35(13-4-1)38-16-11-19-44(31-38)54-51-28-24-40(39-23-22-36-14-7-8-15-37(36)30-39)33-47(51)48-34-42(26-29-52(48)54)41-25-27-50-46(32-41)45-20-9-10-21-49(45)53(50)43-17-5-2-6-18-43/h1-34H. The second kappa shape index (κ2) is 12.2. The third-order valence-corrected chi connectivity index (χ3v) is 11.1. The lowest BCUT2D eigenvalue weighted by molar-refractivity contribution is 1.18. The van der Waals surface area contributed by atoms with Gasteiger partial charge in [-0.3, -0.25) is 0 Å². The average Bonchev–Trinajstić information content (AvgIpc) is 3.76. The van der Waals surface area contributed by atoms with Crippen LogP contribution in [-0.4, -0.2) is 9.13 Å². The molecular weight excluding hydrogens is 653 g/mol. The van der Waals surface area contributed by atoms with E-state index in [1.165, 1.54) is 93.5 Å². The zero-order chi connectivity index (χ0) is 35.6. The van der Waals surface area contributed by atoms with Gasteiger partial charge in [-0.05, 0) is 117 Å². The first kappa shape index (κ1) is 30.5. The molecule has 0 aliphatic carbocycles. The van der Waals surface area contributed by atoms with Crippen molar-refractivity contribution in [3.63, 3.8) is 0 Å². The Morgan fingerprint density at radius 1 is 0.222 bits per heavy atom. The molecule has 2 heteroatoms. The Morgan fingerprint density at radius 2 is 0.667 bits per heavy atom. The minimum Gasteiger partial charge on any atom is -0.309 e. The van der Waals surface area contributed by atoms with E-state index in [0.717, 1.165) is 5.69 Å². The van der Waals surface area contributed by atoms with Crippen LogP contribution in [0.25, 0.3) is 99.1 Å². The van der Waals surface area contributed by atoms with E-state index in [1.807, 2.05) is 0 Å². The fourth-order valence-corrected chi connectivity index (χ4v) is 8.49. The van der Waals surface area contributed by atoms with Crippen molar-refractivity contribution in [2.45, 2.75) is 0 Å². The van der Waals surface area contributed by atoms with E-state index in [4.69, 9.17) is 0 Å². The molecule has 0 aliphatic heterocycles. The second-order valence-electron chi connectivity index (χ2n) is 14.2. The molecule has 0 radical (unpaired) electrons. The summed E-state index contributed by atoms with van der Waals surface area (Å²) in [7, 11) is 0. The van der Waals surface area contributed by atoms with Gasteiger partial charge in [-0.2, -0.15) is 0 Å². The number of hydrogen-bond acceptors (Lipinski definition) is 0. The van der Waals surface area contributed by atoms with Gasteiger partial charge in [0.1, 0.15) is 0 Å². The Morgan fingerprint density at radius 3 is 1.35 bits per heavy atom. The van der Waals surface area contributed by atoms with Gasteiger partial charge < -0.3 is 9.13 Å². The van der Waals surface area contributed by atoms with Crippen molar-refractivity contribution >= 4 is 54.4 Å². The third kappa shape index (κ3) is 4.88. The number of benzene rings is 9. The maximum atomic E-state index is 2.43. The molecule has 2 aromatic heterocycles. The maximum absolute atomic E-state index is 2.43. The first-order valence-corrected chi connectivity index (χ1v) is 18.6. The van der Waals surface area contributed by atoms with Gasteiger partial charge in [0.25, 0.3) is 0 Å². The fourth-order valence-electron chi connectivity index (χ4n) is 8.49. The molecule has 9 aromatic carbocycles. The van der Waals surface area contributed by atoms with E-state index in [2.05, 4.69) is 215 Å². The van der Waals surface area contributed by atoms with Gasteiger partial charge >= 0.3 is 0 Å². The normalized spacial score (nSPS) is 11.7. The van der Waals surface area contributed by atoms with Gasteiger partial charge in [-0.1, -0.05) is 133 Å². The number of rotatable bonds is 5. The minimum atomic E-state index is 1.15. The van der Waals surface area contributed by atoms with Crippen LogP contribution in [-0.2, 0) is 0 Å². The predicted octanol–water partition coefficient (Wildman–Crippen LogP) is 14.0. The Labute approximate surface area is 313 Å². The summed E-state index contributed by atoms with van der Waals surface area (Å²) in [6, 6.07) is 75.3. The quantitative estimate of drug-likeness (QED) is 0.171. The molecule has 0 amide bonds. The van der Waals surface area contributed by atoms with Gasteiger partial charge in [0.15, 0.2) is 0 Å². The zero-order valence-electron chi connectivity index (χ0n) is 29.5. The number of fused-ring (bicyclic) bond motifs is 7. The van der Waals surface area contributed by atoms with Crippen LogP contribution in [0, 0.1) is 0 Å². The second-order valence-corrected chi connectivity index (χ2v) is 14.2. The Hall–Kier alpha value is -7.16. The summed E-state index contributed by atoms with van der Waals surface area (Å²) in [5.74, 6) is 0. The van der Waals surface area contributed by atoms with Gasteiger partial charge in [0.05, 0.1) is 22.1 Å². The average molecular weight is 687 g/mol. The molecule has 0 atom stereocenters. The van der Waals surface area contributed by atoms with Crippen LogP contribution < -0.4 is 0 Å². The highest BCUT2D eigenvalue weighted by molar-refractivity contribution is 6.13. The summed E-state index contributed by atoms with van der Waals surface area (Å²) in [5, 5.41) is 7.50. The van der Waals surface area contributed by atoms with Crippen LogP contribution >= 0.6 is 0 Å². The molecular formula is C52H34N2. The molecule has 252 valence electrons. The minimum absolute atomic E-state index is 1.15. The lowest BCUT2D eigenvalue weighted by Gasteiger charge is -2.11. The molecule has 0 fully saturated rings. The molecule has 0 spiro atoms. The van der Waals surface area contributed by atoms with Gasteiger partial charge in [0.2, 0.25) is 0 Å². The van der Waals surface area contributed by atoms with E-state index >= 15 is 0 Å². The van der Waals surface area contributed by atoms with Crippen molar-refractivity contribution in [1.82, 2.24) is 9.13 Å². The number of nitrogens with zero attached hydrogens (tertiary/aromatic N) is 2. The summed E-state index contributed by atoms with van der Waals surface area (Å²) in [6.07, 6.45) is 0. The molecule has 0 bridgehead atoms. The van der Waals surface area contributed by atoms with Gasteiger partial charge in [0, 0.05) is 32.9 Å². The Balaban J connectivity index is 1.13. The molecule has 54 heavy (non-hydrogen) atoms. The van der Waals surface area contributed by atoms with Crippen molar-refractivity contribution in [2.75, 3.05) is 0 Å². The van der Waals surface area contributed by atoms with Gasteiger partial charge in [-0.25, -0.2) is 0 Å². The van der Waals surface area contributed by atoms with Crippen LogP contribution in [0.4, 0.5) is 0 Å². The molecule has 0 saturated heterocycles. The van der Waals surface area contributed by atoms with Gasteiger partial charge in [-0.15, -0.1) is 0 Å². The molecule has 2 nitrogen and oxygen atoms in total. The van der Waals surface area contributed by atoms with E-state index in [9.17, 15) is 0 Å². The Bertz CT molecular complexity index is 3200. The van der Waals surface area contributed by atoms with Crippen LogP contribution in [0.1, 0.15) is 0 Å².